The third kappa shape index (κ3) is 4.08. The second-order valence-electron chi connectivity index (χ2n) is 8.00. The van der Waals surface area contributed by atoms with Gasteiger partial charge in [-0.05, 0) is 37.8 Å². The van der Waals surface area contributed by atoms with Gasteiger partial charge in [0.1, 0.15) is 5.60 Å². The molecule has 0 aromatic heterocycles. The number of carbonyl (C=O) groups is 1. The Hall–Kier alpha value is -1.59. The molecule has 2 aliphatic rings. The van der Waals surface area contributed by atoms with Crippen LogP contribution in [0.1, 0.15) is 37.8 Å². The molecular formula is C19H28N2O3. The molecule has 0 aliphatic carbocycles. The summed E-state index contributed by atoms with van der Waals surface area (Å²) in [6.45, 7) is 7.04. The first-order chi connectivity index (χ1) is 11.2. The molecule has 0 saturated carbocycles. The zero-order valence-electron chi connectivity index (χ0n) is 14.9. The van der Waals surface area contributed by atoms with Crippen molar-refractivity contribution in [1.82, 2.24) is 9.80 Å². The Bertz CT molecular complexity index is 594. The van der Waals surface area contributed by atoms with E-state index >= 15 is 0 Å². The highest BCUT2D eigenvalue weighted by Gasteiger charge is 2.48. The van der Waals surface area contributed by atoms with Crippen LogP contribution < -0.4 is 0 Å². The van der Waals surface area contributed by atoms with Crippen molar-refractivity contribution in [3.63, 3.8) is 0 Å². The van der Waals surface area contributed by atoms with Gasteiger partial charge in [-0.15, -0.1) is 0 Å². The average molecular weight is 332 g/mol. The standard InChI is InChI=1S/C19H28N2O3/c1-18(2,23)9-8-15-4-6-16(7-5-15)12-21-11-10-19(14-21)13-20(3)17(22)24-19/h4-7,23H,8-14H2,1-3H3. The summed E-state index contributed by atoms with van der Waals surface area (Å²) in [6, 6.07) is 8.63. The van der Waals surface area contributed by atoms with Crippen molar-refractivity contribution in [2.45, 2.75) is 50.9 Å². The predicted molar refractivity (Wildman–Crippen MR) is 92.8 cm³/mol. The molecule has 1 amide bonds. The lowest BCUT2D eigenvalue weighted by Gasteiger charge is -2.22. The van der Waals surface area contributed by atoms with Crippen molar-refractivity contribution in [1.29, 1.82) is 0 Å². The largest absolute Gasteiger partial charge is 0.439 e. The number of aliphatic hydroxyl groups is 1. The highest BCUT2D eigenvalue weighted by Crippen LogP contribution is 2.32. The first kappa shape index (κ1) is 17.2. The van der Waals surface area contributed by atoms with Crippen LogP contribution in [0, 0.1) is 0 Å². The van der Waals surface area contributed by atoms with E-state index in [0.29, 0.717) is 6.54 Å². The summed E-state index contributed by atoms with van der Waals surface area (Å²) < 4.78 is 5.59. The minimum atomic E-state index is -0.617. The minimum Gasteiger partial charge on any atom is -0.439 e. The van der Waals surface area contributed by atoms with Gasteiger partial charge in [0.2, 0.25) is 0 Å². The molecule has 5 nitrogen and oxygen atoms in total. The number of hydrogen-bond donors (Lipinski definition) is 1. The van der Waals surface area contributed by atoms with Crippen LogP contribution >= 0.6 is 0 Å². The highest BCUT2D eigenvalue weighted by atomic mass is 16.6. The van der Waals surface area contributed by atoms with Crippen molar-refractivity contribution in [2.75, 3.05) is 26.7 Å². The second-order valence-corrected chi connectivity index (χ2v) is 8.00. The van der Waals surface area contributed by atoms with Crippen molar-refractivity contribution >= 4 is 6.09 Å². The Morgan fingerprint density at radius 3 is 2.46 bits per heavy atom. The number of benzene rings is 1. The number of nitrogens with zero attached hydrogens (tertiary/aromatic N) is 2. The topological polar surface area (TPSA) is 53.0 Å². The summed E-state index contributed by atoms with van der Waals surface area (Å²) in [4.78, 5) is 15.7. The van der Waals surface area contributed by atoms with E-state index in [9.17, 15) is 9.90 Å². The molecule has 1 aromatic carbocycles. The van der Waals surface area contributed by atoms with Crippen LogP contribution in [-0.4, -0.2) is 58.9 Å². The average Bonchev–Trinajstić information content (AvgIpc) is 3.00. The fraction of sp³-hybridized carbons (Fsp3) is 0.632. The van der Waals surface area contributed by atoms with Crippen LogP contribution in [0.25, 0.3) is 0 Å². The third-order valence-corrected chi connectivity index (χ3v) is 4.99. The van der Waals surface area contributed by atoms with E-state index in [0.717, 1.165) is 38.9 Å². The fourth-order valence-corrected chi connectivity index (χ4v) is 3.59. The van der Waals surface area contributed by atoms with E-state index in [2.05, 4.69) is 29.2 Å². The Labute approximate surface area is 144 Å². The molecule has 132 valence electrons. The van der Waals surface area contributed by atoms with Crippen LogP contribution in [-0.2, 0) is 17.7 Å². The fourth-order valence-electron chi connectivity index (χ4n) is 3.59. The number of amides is 1. The molecule has 2 aliphatic heterocycles. The molecule has 0 radical (unpaired) electrons. The zero-order chi connectivity index (χ0) is 17.4. The van der Waals surface area contributed by atoms with Gasteiger partial charge in [-0.2, -0.15) is 0 Å². The summed E-state index contributed by atoms with van der Waals surface area (Å²) in [6.07, 6.45) is 2.36. The predicted octanol–water partition coefficient (Wildman–Crippen LogP) is 2.42. The lowest BCUT2D eigenvalue weighted by Crippen LogP contribution is -2.37. The lowest BCUT2D eigenvalue weighted by atomic mass is 9.98. The van der Waals surface area contributed by atoms with Crippen LogP contribution in [0.4, 0.5) is 4.79 Å². The van der Waals surface area contributed by atoms with Gasteiger partial charge in [-0.3, -0.25) is 4.90 Å². The van der Waals surface area contributed by atoms with Gasteiger partial charge >= 0.3 is 6.09 Å². The van der Waals surface area contributed by atoms with Gasteiger partial charge in [-0.1, -0.05) is 24.3 Å². The maximum Gasteiger partial charge on any atom is 0.410 e. The number of hydrogen-bond acceptors (Lipinski definition) is 4. The number of carbonyl (C=O) groups excluding carboxylic acids is 1. The quantitative estimate of drug-likeness (QED) is 0.900. The molecule has 2 saturated heterocycles. The third-order valence-electron chi connectivity index (χ3n) is 4.99. The summed E-state index contributed by atoms with van der Waals surface area (Å²) in [5.41, 5.74) is 1.61. The number of likely N-dealkylation sites (N-methyl/N-ethyl adjacent to an activating group) is 1. The second kappa shape index (κ2) is 6.37. The molecule has 5 heteroatoms. The molecule has 0 bridgehead atoms. The Morgan fingerprint density at radius 1 is 1.21 bits per heavy atom. The Morgan fingerprint density at radius 2 is 1.88 bits per heavy atom. The minimum absolute atomic E-state index is 0.201. The van der Waals surface area contributed by atoms with E-state index in [1.54, 1.807) is 11.9 Å². The number of likely N-dealkylation sites (tertiary alicyclic amines) is 1. The number of rotatable bonds is 5. The molecule has 2 fully saturated rings. The van der Waals surface area contributed by atoms with E-state index in [1.807, 2.05) is 13.8 Å². The Kier molecular flexibility index (Phi) is 4.58. The van der Waals surface area contributed by atoms with E-state index < -0.39 is 5.60 Å². The maximum atomic E-state index is 11.6. The summed E-state index contributed by atoms with van der Waals surface area (Å²) in [5, 5.41) is 9.82. The molecule has 1 atom stereocenters. The SMILES string of the molecule is CN1CC2(CCN(Cc3ccc(CCC(C)(C)O)cc3)C2)OC1=O. The zero-order valence-corrected chi connectivity index (χ0v) is 14.9. The monoisotopic (exact) mass is 332 g/mol. The van der Waals surface area contributed by atoms with Crippen LogP contribution in [0.5, 0.6) is 0 Å². The summed E-state index contributed by atoms with van der Waals surface area (Å²) in [7, 11) is 1.80. The summed E-state index contributed by atoms with van der Waals surface area (Å²) >= 11 is 0. The molecule has 1 aromatic rings. The van der Waals surface area contributed by atoms with Gasteiger partial charge in [0, 0.05) is 33.1 Å². The van der Waals surface area contributed by atoms with Gasteiger partial charge in [0.05, 0.1) is 12.1 Å². The van der Waals surface area contributed by atoms with Crippen LogP contribution in [0.15, 0.2) is 24.3 Å². The van der Waals surface area contributed by atoms with Gasteiger partial charge in [-0.25, -0.2) is 4.79 Å². The molecule has 1 N–H and O–H groups in total. The van der Waals surface area contributed by atoms with E-state index in [4.69, 9.17) is 4.74 Å². The molecule has 1 spiro atoms. The lowest BCUT2D eigenvalue weighted by molar-refractivity contribution is 0.0627. The van der Waals surface area contributed by atoms with Crippen molar-refractivity contribution in [2.24, 2.45) is 0 Å². The van der Waals surface area contributed by atoms with Crippen molar-refractivity contribution in [3.8, 4) is 0 Å². The molecule has 3 rings (SSSR count). The first-order valence-electron chi connectivity index (χ1n) is 8.71. The van der Waals surface area contributed by atoms with E-state index in [1.165, 1.54) is 11.1 Å². The maximum absolute atomic E-state index is 11.6. The normalized spacial score (nSPS) is 24.8. The molecule has 1 unspecified atom stereocenters. The van der Waals surface area contributed by atoms with Gasteiger partial charge in [0.15, 0.2) is 0 Å². The van der Waals surface area contributed by atoms with E-state index in [-0.39, 0.29) is 11.7 Å². The molecule has 24 heavy (non-hydrogen) atoms. The van der Waals surface area contributed by atoms with Crippen molar-refractivity contribution in [3.05, 3.63) is 35.4 Å². The molecular weight excluding hydrogens is 304 g/mol. The number of ether oxygens (including phenoxy) is 1. The van der Waals surface area contributed by atoms with Crippen molar-refractivity contribution < 1.29 is 14.6 Å². The smallest absolute Gasteiger partial charge is 0.410 e. The summed E-state index contributed by atoms with van der Waals surface area (Å²) in [5.74, 6) is 0. The van der Waals surface area contributed by atoms with Gasteiger partial charge < -0.3 is 14.7 Å². The van der Waals surface area contributed by atoms with Crippen LogP contribution in [0.2, 0.25) is 0 Å². The highest BCUT2D eigenvalue weighted by molar-refractivity contribution is 5.70. The van der Waals surface area contributed by atoms with Crippen LogP contribution in [0.3, 0.4) is 0 Å². The molecule has 2 heterocycles. The van der Waals surface area contributed by atoms with Gasteiger partial charge in [0.25, 0.3) is 0 Å². The first-order valence-corrected chi connectivity index (χ1v) is 8.71. The number of aryl methyl sites for hydroxylation is 1. The Balaban J connectivity index is 1.53.